The molecule has 1 amide bonds. The maximum Gasteiger partial charge on any atom is 0.573 e. The number of nitrogens with zero attached hydrogens (tertiary/aromatic N) is 1. The molecule has 0 spiro atoms. The summed E-state index contributed by atoms with van der Waals surface area (Å²) in [5, 5.41) is 9.23. The highest BCUT2D eigenvalue weighted by Gasteiger charge is 2.49. The van der Waals surface area contributed by atoms with Crippen LogP contribution < -0.4 is 9.64 Å². The number of terminal acetylenes is 1. The number of benzene rings is 1. The van der Waals surface area contributed by atoms with E-state index in [2.05, 4.69) is 4.74 Å². The fraction of sp³-hybridized carbons (Fsp3) is 0.375. The Labute approximate surface area is 151 Å². The fourth-order valence-corrected chi connectivity index (χ4v) is 2.89. The van der Waals surface area contributed by atoms with Gasteiger partial charge in [-0.1, -0.05) is 11.6 Å². The molecule has 0 aliphatic carbocycles. The molecule has 0 saturated carbocycles. The summed E-state index contributed by atoms with van der Waals surface area (Å²) in [4.78, 5) is 25.0. The molecule has 1 aromatic carbocycles. The Morgan fingerprint density at radius 3 is 2.58 bits per heavy atom. The molecule has 0 bridgehead atoms. The number of anilines is 1. The van der Waals surface area contributed by atoms with Crippen molar-refractivity contribution in [2.24, 2.45) is 0 Å². The van der Waals surface area contributed by atoms with Crippen LogP contribution in [-0.2, 0) is 14.3 Å². The molecule has 1 atom stereocenters. The van der Waals surface area contributed by atoms with E-state index in [0.717, 1.165) is 23.1 Å². The van der Waals surface area contributed by atoms with Gasteiger partial charge >= 0.3 is 18.2 Å². The summed E-state index contributed by atoms with van der Waals surface area (Å²) in [6, 6.07) is 2.93. The lowest BCUT2D eigenvalue weighted by molar-refractivity contribution is -0.274. The molecule has 1 saturated heterocycles. The van der Waals surface area contributed by atoms with Crippen LogP contribution >= 0.6 is 11.6 Å². The summed E-state index contributed by atoms with van der Waals surface area (Å²) in [6.07, 6.45) is 0.587. The van der Waals surface area contributed by atoms with E-state index in [9.17, 15) is 27.9 Å². The van der Waals surface area contributed by atoms with Crippen molar-refractivity contribution in [1.29, 1.82) is 0 Å². The van der Waals surface area contributed by atoms with Crippen LogP contribution in [0.3, 0.4) is 0 Å². The third kappa shape index (κ3) is 4.03. The first-order chi connectivity index (χ1) is 12.1. The van der Waals surface area contributed by atoms with Crippen LogP contribution in [0.5, 0.6) is 5.75 Å². The minimum Gasteiger partial charge on any atom is -0.479 e. The van der Waals surface area contributed by atoms with Crippen molar-refractivity contribution in [3.05, 3.63) is 23.2 Å². The Morgan fingerprint density at radius 2 is 2.12 bits per heavy atom. The number of hydrogen-bond donors (Lipinski definition) is 1. The highest BCUT2D eigenvalue weighted by atomic mass is 35.5. The third-order valence-corrected chi connectivity index (χ3v) is 4.07. The molecule has 26 heavy (non-hydrogen) atoms. The van der Waals surface area contributed by atoms with E-state index >= 15 is 0 Å². The zero-order valence-corrected chi connectivity index (χ0v) is 13.9. The molecular weight excluding hydrogens is 379 g/mol. The number of carbonyl (C=O) groups excluding carboxylic acids is 1. The summed E-state index contributed by atoms with van der Waals surface area (Å²) in [5.41, 5.74) is -1.88. The average molecular weight is 392 g/mol. The molecular formula is C16H13ClF3NO5. The summed E-state index contributed by atoms with van der Waals surface area (Å²) in [5.74, 6) is -1.21. The van der Waals surface area contributed by atoms with Gasteiger partial charge in [0.2, 0.25) is 0 Å². The molecule has 0 unspecified atom stereocenters. The molecule has 1 aliphatic rings. The van der Waals surface area contributed by atoms with E-state index in [1.54, 1.807) is 0 Å². The lowest BCUT2D eigenvalue weighted by atomic mass is 9.89. The van der Waals surface area contributed by atoms with E-state index in [4.69, 9.17) is 22.8 Å². The number of carboxylic acid groups (broad SMARTS) is 1. The van der Waals surface area contributed by atoms with Crippen molar-refractivity contribution in [2.75, 3.05) is 18.1 Å². The predicted octanol–water partition coefficient (Wildman–Crippen LogP) is 2.84. The lowest BCUT2D eigenvalue weighted by Gasteiger charge is -2.41. The van der Waals surface area contributed by atoms with Crippen LogP contribution in [0.2, 0.25) is 5.02 Å². The Bertz CT molecular complexity index is 753. The van der Waals surface area contributed by atoms with Crippen molar-refractivity contribution >= 4 is 29.2 Å². The first kappa shape index (κ1) is 19.9. The smallest absolute Gasteiger partial charge is 0.479 e. The summed E-state index contributed by atoms with van der Waals surface area (Å²) in [6.45, 7) is -0.0135. The number of amides is 1. The van der Waals surface area contributed by atoms with Crippen molar-refractivity contribution in [3.8, 4) is 18.1 Å². The largest absolute Gasteiger partial charge is 0.573 e. The topological polar surface area (TPSA) is 76.1 Å². The zero-order valence-electron chi connectivity index (χ0n) is 13.2. The highest BCUT2D eigenvalue weighted by molar-refractivity contribution is 6.32. The Morgan fingerprint density at radius 1 is 1.42 bits per heavy atom. The van der Waals surface area contributed by atoms with E-state index < -0.39 is 34.5 Å². The van der Waals surface area contributed by atoms with E-state index in [1.165, 1.54) is 0 Å². The van der Waals surface area contributed by atoms with Crippen LogP contribution in [0.4, 0.5) is 18.9 Å². The minimum absolute atomic E-state index is 0.0498. The molecule has 1 aromatic rings. The minimum atomic E-state index is -4.96. The zero-order chi connectivity index (χ0) is 19.5. The standard InChI is InChI=1S/C16H13ClF3NO5/c1-2-13(22)21(15(14(23)24)6-3-7-25-9-15)10-4-5-12(11(17)8-10)26-16(18,19)20/h1,4-5,8H,3,6-7,9H2,(H,23,24)/t15-/m0/s1. The number of aliphatic carboxylic acids is 1. The summed E-state index contributed by atoms with van der Waals surface area (Å²) < 4.78 is 46.0. The second-order valence-corrected chi connectivity index (χ2v) is 5.85. The van der Waals surface area contributed by atoms with Crippen LogP contribution in [0, 0.1) is 12.3 Å². The first-order valence-electron chi connectivity index (χ1n) is 7.28. The molecule has 1 aliphatic heterocycles. The Kier molecular flexibility index (Phi) is 5.68. The van der Waals surface area contributed by atoms with Crippen LogP contribution in [-0.4, -0.2) is 42.1 Å². The quantitative estimate of drug-likeness (QED) is 0.799. The second-order valence-electron chi connectivity index (χ2n) is 5.44. The van der Waals surface area contributed by atoms with Gasteiger partial charge in [0, 0.05) is 12.3 Å². The van der Waals surface area contributed by atoms with Crippen LogP contribution in [0.1, 0.15) is 12.8 Å². The van der Waals surface area contributed by atoms with Gasteiger partial charge in [-0.15, -0.1) is 19.6 Å². The SMILES string of the molecule is C#CC(=O)N(c1ccc(OC(F)(F)F)c(Cl)c1)[C@@]1(C(=O)O)CCCOC1. The molecule has 2 rings (SSSR count). The van der Waals surface area contributed by atoms with Crippen LogP contribution in [0.25, 0.3) is 0 Å². The second kappa shape index (κ2) is 7.43. The van der Waals surface area contributed by atoms with Gasteiger partial charge in [0.15, 0.2) is 5.54 Å². The molecule has 10 heteroatoms. The van der Waals surface area contributed by atoms with Gasteiger partial charge in [-0.25, -0.2) is 4.79 Å². The predicted molar refractivity (Wildman–Crippen MR) is 84.9 cm³/mol. The first-order valence-corrected chi connectivity index (χ1v) is 7.66. The normalized spacial score (nSPS) is 20.1. The summed E-state index contributed by atoms with van der Waals surface area (Å²) in [7, 11) is 0. The monoisotopic (exact) mass is 391 g/mol. The molecule has 1 heterocycles. The van der Waals surface area contributed by atoms with Crippen molar-refractivity contribution in [2.45, 2.75) is 24.7 Å². The molecule has 1 N–H and O–H groups in total. The number of hydrogen-bond acceptors (Lipinski definition) is 4. The van der Waals surface area contributed by atoms with E-state index in [-0.39, 0.29) is 18.7 Å². The van der Waals surface area contributed by atoms with E-state index in [0.29, 0.717) is 13.0 Å². The maximum absolute atomic E-state index is 12.4. The van der Waals surface area contributed by atoms with Gasteiger partial charge < -0.3 is 14.6 Å². The van der Waals surface area contributed by atoms with Gasteiger partial charge in [-0.2, -0.15) is 0 Å². The number of halogens is 4. The number of alkyl halides is 3. The van der Waals surface area contributed by atoms with Crippen molar-refractivity contribution in [3.63, 3.8) is 0 Å². The van der Waals surface area contributed by atoms with Gasteiger partial charge in [-0.3, -0.25) is 9.69 Å². The van der Waals surface area contributed by atoms with Gasteiger partial charge in [0.05, 0.1) is 11.6 Å². The van der Waals surface area contributed by atoms with Gasteiger partial charge in [0.1, 0.15) is 5.75 Å². The highest BCUT2D eigenvalue weighted by Crippen LogP contribution is 2.37. The fourth-order valence-electron chi connectivity index (χ4n) is 2.68. The molecule has 1 fully saturated rings. The maximum atomic E-state index is 12.4. The Balaban J connectivity index is 2.51. The van der Waals surface area contributed by atoms with Crippen LogP contribution in [0.15, 0.2) is 18.2 Å². The lowest BCUT2D eigenvalue weighted by Crippen LogP contribution is -2.61. The van der Waals surface area contributed by atoms with E-state index in [1.807, 2.05) is 5.92 Å². The number of ether oxygens (including phenoxy) is 2. The number of carbonyl (C=O) groups is 2. The number of carboxylic acids is 1. The van der Waals surface area contributed by atoms with Crippen molar-refractivity contribution < 1.29 is 37.3 Å². The van der Waals surface area contributed by atoms with Crippen molar-refractivity contribution in [1.82, 2.24) is 0 Å². The van der Waals surface area contributed by atoms with Gasteiger partial charge in [-0.05, 0) is 37.0 Å². The van der Waals surface area contributed by atoms with Gasteiger partial charge in [0.25, 0.3) is 0 Å². The Hall–Kier alpha value is -2.44. The molecule has 0 aromatic heterocycles. The third-order valence-electron chi connectivity index (χ3n) is 3.77. The molecule has 0 radical (unpaired) electrons. The molecule has 140 valence electrons. The summed E-state index contributed by atoms with van der Waals surface area (Å²) >= 11 is 5.80. The number of rotatable bonds is 4. The molecule has 6 nitrogen and oxygen atoms in total. The average Bonchev–Trinajstić information content (AvgIpc) is 2.57.